The zero-order chi connectivity index (χ0) is 12.7. The molecule has 18 heavy (non-hydrogen) atoms. The quantitative estimate of drug-likeness (QED) is 0.785. The monoisotopic (exact) mass is 358 g/mol. The summed E-state index contributed by atoms with van der Waals surface area (Å²) < 4.78 is 1.23. The van der Waals surface area contributed by atoms with Gasteiger partial charge in [0, 0.05) is 34.8 Å². The minimum absolute atomic E-state index is 0.362. The second kappa shape index (κ2) is 4.60. The molecule has 3 rings (SSSR count). The van der Waals surface area contributed by atoms with Crippen molar-refractivity contribution < 1.29 is 9.90 Å². The maximum Gasteiger partial charge on any atom is 0.407 e. The number of amides is 1. The Labute approximate surface area is 120 Å². The van der Waals surface area contributed by atoms with Crippen LogP contribution in [0, 0.1) is 9.49 Å². The summed E-state index contributed by atoms with van der Waals surface area (Å²) in [5.74, 6) is 0.500. The van der Waals surface area contributed by atoms with Gasteiger partial charge in [-0.25, -0.2) is 4.79 Å². The van der Waals surface area contributed by atoms with Gasteiger partial charge in [0.25, 0.3) is 0 Å². The summed E-state index contributed by atoms with van der Waals surface area (Å²) >= 11 is 2.30. The van der Waals surface area contributed by atoms with Crippen molar-refractivity contribution in [3.63, 3.8) is 0 Å². The van der Waals surface area contributed by atoms with E-state index >= 15 is 0 Å². The van der Waals surface area contributed by atoms with E-state index in [9.17, 15) is 4.79 Å². The van der Waals surface area contributed by atoms with E-state index in [-0.39, 0.29) is 0 Å². The van der Waals surface area contributed by atoms with Crippen LogP contribution in [0.1, 0.15) is 6.42 Å². The Morgan fingerprint density at radius 2 is 2.00 bits per heavy atom. The van der Waals surface area contributed by atoms with Crippen molar-refractivity contribution in [3.05, 3.63) is 27.8 Å². The predicted octanol–water partition coefficient (Wildman–Crippen LogP) is 2.48. The van der Waals surface area contributed by atoms with Crippen molar-refractivity contribution in [3.8, 4) is 0 Å². The third-order valence-corrected chi connectivity index (χ3v) is 4.70. The number of hydrogen-bond acceptors (Lipinski definition) is 2. The molecule has 2 fully saturated rings. The number of carbonyl (C=O) groups is 1. The molecule has 2 heterocycles. The van der Waals surface area contributed by atoms with Crippen molar-refractivity contribution >= 4 is 34.4 Å². The zero-order valence-corrected chi connectivity index (χ0v) is 12.1. The molecule has 0 bridgehead atoms. The van der Waals surface area contributed by atoms with E-state index in [2.05, 4.69) is 51.8 Å². The number of carboxylic acid groups (broad SMARTS) is 1. The molecule has 0 radical (unpaired) electrons. The van der Waals surface area contributed by atoms with Crippen LogP contribution >= 0.6 is 22.6 Å². The zero-order valence-electron chi connectivity index (χ0n) is 9.92. The lowest BCUT2D eigenvalue weighted by Gasteiger charge is -2.26. The molecule has 5 heteroatoms. The number of fused-ring (bicyclic) bond motifs is 1. The van der Waals surface area contributed by atoms with E-state index in [4.69, 9.17) is 5.11 Å². The Morgan fingerprint density at radius 3 is 2.67 bits per heavy atom. The van der Waals surface area contributed by atoms with Crippen molar-refractivity contribution in [1.29, 1.82) is 0 Å². The lowest BCUT2D eigenvalue weighted by Crippen LogP contribution is -2.36. The number of likely N-dealkylation sites (tertiary alicyclic amines) is 1. The van der Waals surface area contributed by atoms with Crippen LogP contribution in [0.2, 0.25) is 0 Å². The van der Waals surface area contributed by atoms with Gasteiger partial charge in [0.2, 0.25) is 0 Å². The molecule has 0 spiro atoms. The van der Waals surface area contributed by atoms with Crippen molar-refractivity contribution in [2.24, 2.45) is 5.92 Å². The normalized spacial score (nSPS) is 26.5. The molecule has 1 unspecified atom stereocenters. The predicted molar refractivity (Wildman–Crippen MR) is 78.0 cm³/mol. The van der Waals surface area contributed by atoms with Gasteiger partial charge in [0.05, 0.1) is 6.04 Å². The molecule has 2 aliphatic rings. The Morgan fingerprint density at radius 1 is 1.28 bits per heavy atom. The summed E-state index contributed by atoms with van der Waals surface area (Å²) in [4.78, 5) is 14.9. The standard InChI is InChI=1S/C13H15IN2O2/c14-10-1-3-11(4-2-10)16-6-5-9-7-15(13(17)18)8-12(9)16/h1-4,9,12H,5-8H2,(H,17,18)/t9?,12-/m0/s1. The highest BCUT2D eigenvalue weighted by molar-refractivity contribution is 14.1. The van der Waals surface area contributed by atoms with Crippen LogP contribution in [0.5, 0.6) is 0 Å². The van der Waals surface area contributed by atoms with Crippen molar-refractivity contribution in [2.75, 3.05) is 24.5 Å². The van der Waals surface area contributed by atoms with Crippen LogP contribution in [0.4, 0.5) is 10.5 Å². The van der Waals surface area contributed by atoms with Crippen LogP contribution in [0.3, 0.4) is 0 Å². The van der Waals surface area contributed by atoms with E-state index in [0.29, 0.717) is 25.0 Å². The molecule has 0 aliphatic carbocycles. The largest absolute Gasteiger partial charge is 0.465 e. The lowest BCUT2D eigenvalue weighted by atomic mass is 10.1. The van der Waals surface area contributed by atoms with Gasteiger partial charge in [-0.1, -0.05) is 0 Å². The Hall–Kier alpha value is -0.980. The summed E-state index contributed by atoms with van der Waals surface area (Å²) in [5, 5.41) is 9.07. The van der Waals surface area contributed by atoms with E-state index in [1.807, 2.05) is 0 Å². The van der Waals surface area contributed by atoms with Crippen LogP contribution in [-0.4, -0.2) is 41.8 Å². The first-order chi connectivity index (χ1) is 8.65. The highest BCUT2D eigenvalue weighted by Gasteiger charge is 2.42. The molecule has 1 amide bonds. The third-order valence-electron chi connectivity index (χ3n) is 3.98. The molecule has 1 aromatic carbocycles. The summed E-state index contributed by atoms with van der Waals surface area (Å²) in [7, 11) is 0. The molecule has 4 nitrogen and oxygen atoms in total. The summed E-state index contributed by atoms with van der Waals surface area (Å²) in [6.07, 6.45) is 0.312. The molecule has 2 aliphatic heterocycles. The average Bonchev–Trinajstić information content (AvgIpc) is 2.89. The molecule has 2 saturated heterocycles. The molecule has 2 atom stereocenters. The van der Waals surface area contributed by atoms with E-state index in [1.165, 1.54) is 9.26 Å². The SMILES string of the molecule is O=C(O)N1CC2CCN(c3ccc(I)cc3)[C@H]2C1. The van der Waals surface area contributed by atoms with Gasteiger partial charge in [-0.3, -0.25) is 0 Å². The number of hydrogen-bond donors (Lipinski definition) is 1. The van der Waals surface area contributed by atoms with Gasteiger partial charge in [-0.05, 0) is 53.3 Å². The fraction of sp³-hybridized carbons (Fsp3) is 0.462. The molecular formula is C13H15IN2O2. The number of rotatable bonds is 1. The Balaban J connectivity index is 1.79. The Bertz CT molecular complexity index is 463. The number of anilines is 1. The van der Waals surface area contributed by atoms with Gasteiger partial charge < -0.3 is 14.9 Å². The van der Waals surface area contributed by atoms with Gasteiger partial charge in [0.15, 0.2) is 0 Å². The maximum atomic E-state index is 11.0. The molecule has 1 aromatic rings. The summed E-state index contributed by atoms with van der Waals surface area (Å²) in [6.45, 7) is 2.39. The molecule has 96 valence electrons. The fourth-order valence-electron chi connectivity index (χ4n) is 3.07. The second-order valence-corrected chi connectivity index (χ2v) is 6.22. The second-order valence-electron chi connectivity index (χ2n) is 4.97. The number of halogens is 1. The smallest absolute Gasteiger partial charge is 0.407 e. The van der Waals surface area contributed by atoms with E-state index < -0.39 is 6.09 Å². The minimum atomic E-state index is -0.785. The van der Waals surface area contributed by atoms with Crippen molar-refractivity contribution in [2.45, 2.75) is 12.5 Å². The highest BCUT2D eigenvalue weighted by Crippen LogP contribution is 2.35. The highest BCUT2D eigenvalue weighted by atomic mass is 127. The molecule has 0 aromatic heterocycles. The number of benzene rings is 1. The molecule has 0 saturated carbocycles. The van der Waals surface area contributed by atoms with Gasteiger partial charge >= 0.3 is 6.09 Å². The maximum absolute atomic E-state index is 11.0. The van der Waals surface area contributed by atoms with Crippen LogP contribution in [0.25, 0.3) is 0 Å². The summed E-state index contributed by atoms with van der Waals surface area (Å²) in [5.41, 5.74) is 1.22. The Kier molecular flexibility index (Phi) is 3.09. The van der Waals surface area contributed by atoms with E-state index in [1.54, 1.807) is 4.90 Å². The third kappa shape index (κ3) is 2.04. The topological polar surface area (TPSA) is 43.8 Å². The molecular weight excluding hydrogens is 343 g/mol. The van der Waals surface area contributed by atoms with E-state index in [0.717, 1.165) is 13.0 Å². The lowest BCUT2D eigenvalue weighted by molar-refractivity contribution is 0.153. The van der Waals surface area contributed by atoms with Gasteiger partial charge in [-0.15, -0.1) is 0 Å². The first-order valence-electron chi connectivity index (χ1n) is 6.15. The van der Waals surface area contributed by atoms with Crippen LogP contribution < -0.4 is 4.90 Å². The van der Waals surface area contributed by atoms with Gasteiger partial charge in [0.1, 0.15) is 0 Å². The molecule has 1 N–H and O–H groups in total. The first-order valence-corrected chi connectivity index (χ1v) is 7.23. The summed E-state index contributed by atoms with van der Waals surface area (Å²) in [6, 6.07) is 8.84. The average molecular weight is 358 g/mol. The fourth-order valence-corrected chi connectivity index (χ4v) is 3.43. The van der Waals surface area contributed by atoms with Gasteiger partial charge in [-0.2, -0.15) is 0 Å². The van der Waals surface area contributed by atoms with Crippen LogP contribution in [0.15, 0.2) is 24.3 Å². The van der Waals surface area contributed by atoms with Crippen LogP contribution in [-0.2, 0) is 0 Å². The number of nitrogens with zero attached hydrogens (tertiary/aromatic N) is 2. The minimum Gasteiger partial charge on any atom is -0.465 e. The first kappa shape index (κ1) is 12.1. The van der Waals surface area contributed by atoms with Crippen molar-refractivity contribution in [1.82, 2.24) is 4.90 Å².